The number of carboxylic acids is 1. The number of hydrogen-bond acceptors (Lipinski definition) is 6. The highest BCUT2D eigenvalue weighted by Gasteiger charge is 2.31. The standard InChI is InChI=1S/C50H79NO7/c1-6-8-10-12-14-16-18-20-22-24-26-28-30-32-34-36-38-40-48(52)57-45-46(44-56-43-42-47(50(54)55)51(3,4)5)58-49(53)41-39-37-35-33-31-29-27-25-23-21-19-17-15-13-11-9-7-2/h9,11,13,15,17,19-23,25-29,31-32,34,46-47H,6-8,10,12,14,16,18,24,30,33,35-45H2,1-5H3/p+1/b11-9+,15-13+,19-17+,22-20+,23-21+,27-25+,28-26+,31-29+,34-32+. The van der Waals surface area contributed by atoms with E-state index in [0.717, 1.165) is 44.9 Å². The second-order valence-corrected chi connectivity index (χ2v) is 15.4. The summed E-state index contributed by atoms with van der Waals surface area (Å²) >= 11 is 0. The van der Waals surface area contributed by atoms with Crippen LogP contribution < -0.4 is 0 Å². The summed E-state index contributed by atoms with van der Waals surface area (Å²) in [7, 11) is 5.48. The number of hydrogen-bond donors (Lipinski definition) is 1. The number of quaternary nitrogens is 1. The molecule has 0 amide bonds. The fraction of sp³-hybridized carbons (Fsp3) is 0.580. The van der Waals surface area contributed by atoms with Crippen molar-refractivity contribution in [3.05, 3.63) is 109 Å². The molecule has 0 aromatic heterocycles. The number of aliphatic carboxylic acids is 1. The van der Waals surface area contributed by atoms with Gasteiger partial charge in [0.2, 0.25) is 0 Å². The van der Waals surface area contributed by atoms with Crippen molar-refractivity contribution in [2.24, 2.45) is 0 Å². The topological polar surface area (TPSA) is 99.1 Å². The molecule has 0 fully saturated rings. The summed E-state index contributed by atoms with van der Waals surface area (Å²) in [6, 6.07) is -0.637. The van der Waals surface area contributed by atoms with E-state index >= 15 is 0 Å². The van der Waals surface area contributed by atoms with Gasteiger partial charge in [-0.05, 0) is 64.2 Å². The number of unbranched alkanes of at least 4 members (excludes halogenated alkanes) is 10. The normalized spacial score (nSPS) is 14.0. The maximum absolute atomic E-state index is 12.7. The van der Waals surface area contributed by atoms with Crippen molar-refractivity contribution in [2.45, 2.75) is 148 Å². The van der Waals surface area contributed by atoms with Gasteiger partial charge in [0.15, 0.2) is 12.1 Å². The van der Waals surface area contributed by atoms with E-state index in [0.29, 0.717) is 19.3 Å². The Morgan fingerprint density at radius 1 is 0.552 bits per heavy atom. The van der Waals surface area contributed by atoms with Gasteiger partial charge in [-0.15, -0.1) is 0 Å². The summed E-state index contributed by atoms with van der Waals surface area (Å²) in [5.41, 5.74) is 0. The lowest BCUT2D eigenvalue weighted by atomic mass is 10.1. The Labute approximate surface area is 353 Å². The number of rotatable bonds is 37. The van der Waals surface area contributed by atoms with Gasteiger partial charge in [0.1, 0.15) is 6.61 Å². The highest BCUT2D eigenvalue weighted by Crippen LogP contribution is 2.11. The number of ether oxygens (including phenoxy) is 3. The summed E-state index contributed by atoms with van der Waals surface area (Å²) in [5, 5.41) is 9.62. The van der Waals surface area contributed by atoms with Crippen LogP contribution in [0.2, 0.25) is 0 Å². The molecule has 326 valence electrons. The summed E-state index contributed by atoms with van der Waals surface area (Å²) < 4.78 is 17.2. The highest BCUT2D eigenvalue weighted by atomic mass is 16.6. The monoisotopic (exact) mass is 807 g/mol. The molecular weight excluding hydrogens is 727 g/mol. The Bertz CT molecular complexity index is 1310. The number of esters is 2. The predicted molar refractivity (Wildman–Crippen MR) is 242 cm³/mol. The molecule has 8 heteroatoms. The van der Waals surface area contributed by atoms with Crippen molar-refractivity contribution in [1.29, 1.82) is 0 Å². The molecule has 0 spiro atoms. The number of likely N-dealkylation sites (N-methyl/N-ethyl adjacent to an activating group) is 1. The molecule has 0 aromatic carbocycles. The molecule has 0 heterocycles. The van der Waals surface area contributed by atoms with Crippen LogP contribution in [0.5, 0.6) is 0 Å². The lowest BCUT2D eigenvalue weighted by Gasteiger charge is -2.31. The first kappa shape index (κ1) is 54.0. The number of allylic oxidation sites excluding steroid dienone is 18. The van der Waals surface area contributed by atoms with Gasteiger partial charge in [-0.2, -0.15) is 0 Å². The van der Waals surface area contributed by atoms with Crippen molar-refractivity contribution in [3.63, 3.8) is 0 Å². The Balaban J connectivity index is 4.56. The van der Waals surface area contributed by atoms with Crippen LogP contribution in [0.25, 0.3) is 0 Å². The minimum Gasteiger partial charge on any atom is -0.477 e. The third kappa shape index (κ3) is 37.6. The molecule has 0 aliphatic rings. The average Bonchev–Trinajstić information content (AvgIpc) is 3.18. The molecule has 0 aliphatic heterocycles. The van der Waals surface area contributed by atoms with E-state index in [4.69, 9.17) is 14.2 Å². The zero-order chi connectivity index (χ0) is 42.8. The van der Waals surface area contributed by atoms with Crippen LogP contribution in [0.15, 0.2) is 109 Å². The summed E-state index contributed by atoms with van der Waals surface area (Å²) in [6.07, 6.45) is 54.2. The number of carbonyl (C=O) groups excluding carboxylic acids is 2. The van der Waals surface area contributed by atoms with Crippen LogP contribution in [-0.4, -0.2) is 80.6 Å². The van der Waals surface area contributed by atoms with E-state index in [1.165, 1.54) is 44.9 Å². The van der Waals surface area contributed by atoms with Gasteiger partial charge in [0.05, 0.1) is 34.4 Å². The van der Waals surface area contributed by atoms with Crippen LogP contribution in [0.4, 0.5) is 0 Å². The summed E-state index contributed by atoms with van der Waals surface area (Å²) in [5.74, 6) is -1.61. The number of carbonyl (C=O) groups is 3. The van der Waals surface area contributed by atoms with Crippen molar-refractivity contribution < 1.29 is 38.2 Å². The second-order valence-electron chi connectivity index (χ2n) is 15.4. The Hall–Kier alpha value is -4.01. The largest absolute Gasteiger partial charge is 0.477 e. The first-order valence-electron chi connectivity index (χ1n) is 22.0. The van der Waals surface area contributed by atoms with Gasteiger partial charge in [-0.1, -0.05) is 162 Å². The molecule has 2 unspecified atom stereocenters. The second kappa shape index (κ2) is 39.8. The Morgan fingerprint density at radius 3 is 1.64 bits per heavy atom. The lowest BCUT2D eigenvalue weighted by Crippen LogP contribution is -2.50. The smallest absolute Gasteiger partial charge is 0.362 e. The van der Waals surface area contributed by atoms with E-state index < -0.39 is 18.1 Å². The van der Waals surface area contributed by atoms with Gasteiger partial charge < -0.3 is 23.8 Å². The quantitative estimate of drug-likeness (QED) is 0.0219. The predicted octanol–water partition coefficient (Wildman–Crippen LogP) is 12.1. The van der Waals surface area contributed by atoms with E-state index in [9.17, 15) is 19.5 Å². The molecule has 0 radical (unpaired) electrons. The van der Waals surface area contributed by atoms with Crippen molar-refractivity contribution >= 4 is 17.9 Å². The van der Waals surface area contributed by atoms with E-state index in [1.807, 2.05) is 81.9 Å². The maximum atomic E-state index is 12.7. The molecular formula is C50H80NO7+. The van der Waals surface area contributed by atoms with Crippen LogP contribution in [-0.2, 0) is 28.6 Å². The Kier molecular flexibility index (Phi) is 37.0. The van der Waals surface area contributed by atoms with Gasteiger partial charge in [0.25, 0.3) is 0 Å². The number of carboxylic acid groups (broad SMARTS) is 1. The molecule has 0 bridgehead atoms. The minimum absolute atomic E-state index is 0.0190. The zero-order valence-electron chi connectivity index (χ0n) is 36.9. The van der Waals surface area contributed by atoms with Gasteiger partial charge in [-0.3, -0.25) is 9.59 Å². The summed E-state index contributed by atoms with van der Waals surface area (Å²) in [4.78, 5) is 37.0. The molecule has 58 heavy (non-hydrogen) atoms. The fourth-order valence-corrected chi connectivity index (χ4v) is 5.67. The first-order valence-corrected chi connectivity index (χ1v) is 22.0. The third-order valence-corrected chi connectivity index (χ3v) is 9.07. The van der Waals surface area contributed by atoms with E-state index in [-0.39, 0.29) is 49.1 Å². The molecule has 0 saturated carbocycles. The molecule has 0 aromatic rings. The zero-order valence-corrected chi connectivity index (χ0v) is 36.9. The third-order valence-electron chi connectivity index (χ3n) is 9.07. The van der Waals surface area contributed by atoms with Crippen LogP contribution >= 0.6 is 0 Å². The minimum atomic E-state index is -0.895. The molecule has 1 N–H and O–H groups in total. The molecule has 0 saturated heterocycles. The fourth-order valence-electron chi connectivity index (χ4n) is 5.67. The van der Waals surface area contributed by atoms with Gasteiger partial charge >= 0.3 is 17.9 Å². The van der Waals surface area contributed by atoms with Crippen molar-refractivity contribution in [1.82, 2.24) is 0 Å². The molecule has 0 aliphatic carbocycles. The van der Waals surface area contributed by atoms with Gasteiger partial charge in [0, 0.05) is 19.3 Å². The molecule has 8 nitrogen and oxygen atoms in total. The Morgan fingerprint density at radius 2 is 1.05 bits per heavy atom. The average molecular weight is 807 g/mol. The van der Waals surface area contributed by atoms with Crippen LogP contribution in [0, 0.1) is 0 Å². The SMILES string of the molecule is CC/C=C/C=C/C=C/C=C/C=C/C=C/CCCCCC(=O)OC(COCCC(C(=O)O)[N+](C)(C)C)COC(=O)CCC/C=C/C/C=C/C/C=C/CCCCCCCC. The summed E-state index contributed by atoms with van der Waals surface area (Å²) in [6.45, 7) is 4.45. The highest BCUT2D eigenvalue weighted by molar-refractivity contribution is 5.72. The van der Waals surface area contributed by atoms with E-state index in [2.05, 4.69) is 62.5 Å². The van der Waals surface area contributed by atoms with Crippen LogP contribution in [0.1, 0.15) is 136 Å². The van der Waals surface area contributed by atoms with Crippen LogP contribution in [0.3, 0.4) is 0 Å². The molecule has 0 rings (SSSR count). The maximum Gasteiger partial charge on any atom is 0.362 e. The van der Waals surface area contributed by atoms with Crippen molar-refractivity contribution in [3.8, 4) is 0 Å². The van der Waals surface area contributed by atoms with E-state index in [1.54, 1.807) is 0 Å². The van der Waals surface area contributed by atoms with Crippen molar-refractivity contribution in [2.75, 3.05) is 41.0 Å². The van der Waals surface area contributed by atoms with Gasteiger partial charge in [-0.25, -0.2) is 4.79 Å². The lowest BCUT2D eigenvalue weighted by molar-refractivity contribution is -0.887. The first-order chi connectivity index (χ1) is 28.1. The number of nitrogens with zero attached hydrogens (tertiary/aromatic N) is 1. The molecule has 2 atom stereocenters.